The molecular formula is C13H19N3O2. The van der Waals surface area contributed by atoms with Gasteiger partial charge in [0.15, 0.2) is 5.69 Å². The first kappa shape index (κ1) is 13.0. The molecule has 0 amide bonds. The number of likely N-dealkylation sites (tertiary alicyclic amines) is 1. The van der Waals surface area contributed by atoms with Crippen molar-refractivity contribution in [3.8, 4) is 0 Å². The molecule has 5 nitrogen and oxygen atoms in total. The van der Waals surface area contributed by atoms with Crippen LogP contribution >= 0.6 is 0 Å². The summed E-state index contributed by atoms with van der Waals surface area (Å²) in [5, 5.41) is 0. The number of esters is 1. The zero-order valence-corrected chi connectivity index (χ0v) is 10.9. The predicted molar refractivity (Wildman–Crippen MR) is 67.5 cm³/mol. The minimum atomic E-state index is -0.403. The minimum Gasteiger partial charge on any atom is -0.461 e. The molecular weight excluding hydrogens is 230 g/mol. The molecule has 2 rings (SSSR count). The van der Waals surface area contributed by atoms with Gasteiger partial charge in [-0.25, -0.2) is 9.78 Å². The standard InChI is InChI=1S/C13H19N3O2/c1-3-18-13(17)12-9-14-11(8-15-12)10-4-6-16(2)7-5-10/h8-10H,3-7H2,1-2H3. The van der Waals surface area contributed by atoms with Crippen LogP contribution in [0.4, 0.5) is 0 Å². The second kappa shape index (κ2) is 5.91. The molecule has 1 aliphatic heterocycles. The first-order chi connectivity index (χ1) is 8.70. The first-order valence-electron chi connectivity index (χ1n) is 6.38. The number of piperidine rings is 1. The van der Waals surface area contributed by atoms with E-state index in [1.54, 1.807) is 13.1 Å². The maximum atomic E-state index is 11.4. The maximum Gasteiger partial charge on any atom is 0.358 e. The van der Waals surface area contributed by atoms with Crippen molar-refractivity contribution in [2.45, 2.75) is 25.7 Å². The van der Waals surface area contributed by atoms with E-state index in [1.165, 1.54) is 6.20 Å². The van der Waals surface area contributed by atoms with Crippen molar-refractivity contribution < 1.29 is 9.53 Å². The molecule has 5 heteroatoms. The highest BCUT2D eigenvalue weighted by Crippen LogP contribution is 2.25. The summed E-state index contributed by atoms with van der Waals surface area (Å²) in [6.45, 7) is 4.31. The summed E-state index contributed by atoms with van der Waals surface area (Å²) in [5.41, 5.74) is 1.27. The average molecular weight is 249 g/mol. The maximum absolute atomic E-state index is 11.4. The van der Waals surface area contributed by atoms with Crippen LogP contribution in [0.2, 0.25) is 0 Å². The first-order valence-corrected chi connectivity index (χ1v) is 6.38. The Morgan fingerprint density at radius 3 is 2.67 bits per heavy atom. The van der Waals surface area contributed by atoms with Crippen molar-refractivity contribution in [3.63, 3.8) is 0 Å². The SMILES string of the molecule is CCOC(=O)c1cnc(C2CCN(C)CC2)cn1. The largest absolute Gasteiger partial charge is 0.461 e. The van der Waals surface area contributed by atoms with Crippen molar-refractivity contribution in [2.24, 2.45) is 0 Å². The molecule has 0 N–H and O–H groups in total. The molecule has 1 fully saturated rings. The summed E-state index contributed by atoms with van der Waals surface area (Å²) in [4.78, 5) is 22.2. The zero-order chi connectivity index (χ0) is 13.0. The Morgan fingerprint density at radius 2 is 2.11 bits per heavy atom. The quantitative estimate of drug-likeness (QED) is 0.759. The molecule has 0 atom stereocenters. The lowest BCUT2D eigenvalue weighted by atomic mass is 9.94. The molecule has 0 aromatic carbocycles. The van der Waals surface area contributed by atoms with E-state index >= 15 is 0 Å². The Labute approximate surface area is 107 Å². The van der Waals surface area contributed by atoms with Crippen LogP contribution in [-0.2, 0) is 4.74 Å². The van der Waals surface area contributed by atoms with E-state index in [0.717, 1.165) is 31.6 Å². The molecule has 0 unspecified atom stereocenters. The number of hydrogen-bond donors (Lipinski definition) is 0. The van der Waals surface area contributed by atoms with Gasteiger partial charge in [-0.05, 0) is 39.9 Å². The highest BCUT2D eigenvalue weighted by atomic mass is 16.5. The molecule has 0 spiro atoms. The lowest BCUT2D eigenvalue weighted by Gasteiger charge is -2.28. The summed E-state index contributed by atoms with van der Waals surface area (Å²) in [6.07, 6.45) is 5.43. The van der Waals surface area contributed by atoms with E-state index in [-0.39, 0.29) is 5.69 Å². The van der Waals surface area contributed by atoms with Crippen LogP contribution in [0.5, 0.6) is 0 Å². The summed E-state index contributed by atoms with van der Waals surface area (Å²) in [6, 6.07) is 0. The van der Waals surface area contributed by atoms with Crippen LogP contribution in [0.3, 0.4) is 0 Å². The number of rotatable bonds is 3. The Balaban J connectivity index is 2.01. The molecule has 0 bridgehead atoms. The Hall–Kier alpha value is -1.49. The van der Waals surface area contributed by atoms with Gasteiger partial charge in [0.05, 0.1) is 18.5 Å². The monoisotopic (exact) mass is 249 g/mol. The lowest BCUT2D eigenvalue weighted by Crippen LogP contribution is -2.29. The number of nitrogens with zero attached hydrogens (tertiary/aromatic N) is 3. The number of ether oxygens (including phenoxy) is 1. The lowest BCUT2D eigenvalue weighted by molar-refractivity contribution is 0.0519. The van der Waals surface area contributed by atoms with Crippen LogP contribution in [0.15, 0.2) is 12.4 Å². The average Bonchev–Trinajstić information content (AvgIpc) is 2.40. The fourth-order valence-corrected chi connectivity index (χ4v) is 2.16. The number of carbonyl (C=O) groups is 1. The highest BCUT2D eigenvalue weighted by Gasteiger charge is 2.20. The van der Waals surface area contributed by atoms with Crippen LogP contribution in [0, 0.1) is 0 Å². The Bertz CT molecular complexity index is 397. The van der Waals surface area contributed by atoms with Gasteiger partial charge in [-0.1, -0.05) is 0 Å². The summed E-state index contributed by atoms with van der Waals surface area (Å²) in [7, 11) is 2.13. The Kier molecular flexibility index (Phi) is 4.25. The second-order valence-corrected chi connectivity index (χ2v) is 4.62. The molecule has 0 aliphatic carbocycles. The van der Waals surface area contributed by atoms with Gasteiger partial charge in [-0.3, -0.25) is 4.98 Å². The van der Waals surface area contributed by atoms with Crippen LogP contribution in [-0.4, -0.2) is 47.6 Å². The van der Waals surface area contributed by atoms with Crippen molar-refractivity contribution in [3.05, 3.63) is 23.8 Å². The Morgan fingerprint density at radius 1 is 1.39 bits per heavy atom. The van der Waals surface area contributed by atoms with E-state index in [4.69, 9.17) is 4.74 Å². The molecule has 98 valence electrons. The van der Waals surface area contributed by atoms with Gasteiger partial charge in [0.2, 0.25) is 0 Å². The second-order valence-electron chi connectivity index (χ2n) is 4.62. The summed E-state index contributed by atoms with van der Waals surface area (Å²) in [5.74, 6) is 0.0601. The topological polar surface area (TPSA) is 55.3 Å². The third kappa shape index (κ3) is 3.04. The molecule has 1 saturated heterocycles. The van der Waals surface area contributed by atoms with E-state index in [0.29, 0.717) is 12.5 Å². The number of carbonyl (C=O) groups excluding carboxylic acids is 1. The molecule has 18 heavy (non-hydrogen) atoms. The molecule has 1 aliphatic rings. The van der Waals surface area contributed by atoms with Gasteiger partial charge >= 0.3 is 5.97 Å². The van der Waals surface area contributed by atoms with E-state index in [9.17, 15) is 4.79 Å². The van der Waals surface area contributed by atoms with Gasteiger partial charge in [0.25, 0.3) is 0 Å². The number of aromatic nitrogens is 2. The van der Waals surface area contributed by atoms with Gasteiger partial charge in [-0.2, -0.15) is 0 Å². The van der Waals surface area contributed by atoms with E-state index in [2.05, 4.69) is 21.9 Å². The fraction of sp³-hybridized carbons (Fsp3) is 0.615. The van der Waals surface area contributed by atoms with E-state index < -0.39 is 5.97 Å². The minimum absolute atomic E-state index is 0.286. The molecule has 2 heterocycles. The van der Waals surface area contributed by atoms with Crippen molar-refractivity contribution in [1.29, 1.82) is 0 Å². The van der Waals surface area contributed by atoms with Gasteiger partial charge in [0, 0.05) is 12.1 Å². The molecule has 1 aromatic rings. The molecule has 0 saturated carbocycles. The van der Waals surface area contributed by atoms with Crippen molar-refractivity contribution >= 4 is 5.97 Å². The van der Waals surface area contributed by atoms with Gasteiger partial charge in [0.1, 0.15) is 0 Å². The van der Waals surface area contributed by atoms with Crippen LogP contribution < -0.4 is 0 Å². The highest BCUT2D eigenvalue weighted by molar-refractivity contribution is 5.86. The normalized spacial score (nSPS) is 17.7. The third-order valence-corrected chi connectivity index (χ3v) is 3.29. The summed E-state index contributed by atoms with van der Waals surface area (Å²) >= 11 is 0. The fourth-order valence-electron chi connectivity index (χ4n) is 2.16. The summed E-state index contributed by atoms with van der Waals surface area (Å²) < 4.78 is 4.88. The molecule has 1 aromatic heterocycles. The van der Waals surface area contributed by atoms with Gasteiger partial charge < -0.3 is 9.64 Å². The number of hydrogen-bond acceptors (Lipinski definition) is 5. The smallest absolute Gasteiger partial charge is 0.358 e. The van der Waals surface area contributed by atoms with Crippen LogP contribution in [0.25, 0.3) is 0 Å². The zero-order valence-electron chi connectivity index (χ0n) is 10.9. The van der Waals surface area contributed by atoms with Crippen molar-refractivity contribution in [1.82, 2.24) is 14.9 Å². The van der Waals surface area contributed by atoms with Crippen LogP contribution in [0.1, 0.15) is 41.9 Å². The van der Waals surface area contributed by atoms with E-state index in [1.807, 2.05) is 0 Å². The van der Waals surface area contributed by atoms with Gasteiger partial charge in [-0.15, -0.1) is 0 Å². The van der Waals surface area contributed by atoms with Crippen molar-refractivity contribution in [2.75, 3.05) is 26.7 Å². The predicted octanol–water partition coefficient (Wildman–Crippen LogP) is 1.46. The molecule has 0 radical (unpaired) electrons. The third-order valence-electron chi connectivity index (χ3n) is 3.29.